The van der Waals surface area contributed by atoms with Gasteiger partial charge in [-0.2, -0.15) is 0 Å². The molecule has 5 heteroatoms. The Morgan fingerprint density at radius 2 is 2.07 bits per heavy atom. The summed E-state index contributed by atoms with van der Waals surface area (Å²) >= 11 is 1.40. The van der Waals surface area contributed by atoms with E-state index in [4.69, 9.17) is 11.1 Å². The lowest BCUT2D eigenvalue weighted by atomic mass is 10.2. The molecular formula is C9H8ClFN2S. The minimum atomic E-state index is -0.264. The highest BCUT2D eigenvalue weighted by atomic mass is 35.5. The van der Waals surface area contributed by atoms with E-state index in [9.17, 15) is 4.39 Å². The third-order valence-electron chi connectivity index (χ3n) is 1.74. The van der Waals surface area contributed by atoms with Crippen LogP contribution in [0.4, 0.5) is 4.39 Å². The highest BCUT2D eigenvalue weighted by Gasteiger charge is 2.04. The van der Waals surface area contributed by atoms with Crippen molar-refractivity contribution < 1.29 is 4.39 Å². The SMILES string of the molecule is Cl.N=C(N)c1cc2cc(F)ccc2s1. The third kappa shape index (κ3) is 1.86. The van der Waals surface area contributed by atoms with Crippen LogP contribution in [0.15, 0.2) is 24.3 Å². The maximum Gasteiger partial charge on any atom is 0.133 e. The molecule has 14 heavy (non-hydrogen) atoms. The van der Waals surface area contributed by atoms with Crippen LogP contribution in [0.5, 0.6) is 0 Å². The Labute approximate surface area is 90.5 Å². The Kier molecular flexibility index (Phi) is 3.08. The van der Waals surface area contributed by atoms with E-state index in [0.717, 1.165) is 10.1 Å². The van der Waals surface area contributed by atoms with Gasteiger partial charge in [-0.1, -0.05) is 0 Å². The summed E-state index contributed by atoms with van der Waals surface area (Å²) in [5, 5.41) is 8.02. The summed E-state index contributed by atoms with van der Waals surface area (Å²) in [6.07, 6.45) is 0. The van der Waals surface area contributed by atoms with Gasteiger partial charge in [0.05, 0.1) is 4.88 Å². The molecule has 74 valence electrons. The summed E-state index contributed by atoms with van der Waals surface area (Å²) in [6, 6.07) is 6.27. The van der Waals surface area contributed by atoms with Crippen molar-refractivity contribution in [2.45, 2.75) is 0 Å². The monoisotopic (exact) mass is 230 g/mol. The van der Waals surface area contributed by atoms with E-state index in [-0.39, 0.29) is 24.1 Å². The molecule has 0 atom stereocenters. The molecule has 1 aromatic heterocycles. The van der Waals surface area contributed by atoms with Gasteiger partial charge in [0, 0.05) is 4.70 Å². The lowest BCUT2D eigenvalue weighted by Crippen LogP contribution is -2.08. The molecule has 0 saturated carbocycles. The van der Waals surface area contributed by atoms with Gasteiger partial charge in [-0.3, -0.25) is 5.41 Å². The van der Waals surface area contributed by atoms with Crippen molar-refractivity contribution in [3.8, 4) is 0 Å². The van der Waals surface area contributed by atoms with E-state index >= 15 is 0 Å². The van der Waals surface area contributed by atoms with Crippen molar-refractivity contribution in [3.63, 3.8) is 0 Å². The van der Waals surface area contributed by atoms with Crippen LogP contribution in [0.3, 0.4) is 0 Å². The molecule has 2 aromatic rings. The molecule has 0 aliphatic carbocycles. The van der Waals surface area contributed by atoms with E-state index in [1.54, 1.807) is 12.1 Å². The molecule has 0 unspecified atom stereocenters. The Bertz CT molecular complexity index is 481. The van der Waals surface area contributed by atoms with Crippen LogP contribution in [0, 0.1) is 11.2 Å². The Morgan fingerprint density at radius 1 is 1.36 bits per heavy atom. The third-order valence-corrected chi connectivity index (χ3v) is 2.89. The fraction of sp³-hybridized carbons (Fsp3) is 0. The summed E-state index contributed by atoms with van der Waals surface area (Å²) in [7, 11) is 0. The minimum Gasteiger partial charge on any atom is -0.383 e. The number of fused-ring (bicyclic) bond motifs is 1. The second-order valence-electron chi connectivity index (χ2n) is 2.71. The molecule has 0 amide bonds. The maximum atomic E-state index is 12.8. The molecule has 1 aromatic carbocycles. The first-order valence-electron chi connectivity index (χ1n) is 3.70. The van der Waals surface area contributed by atoms with Crippen LogP contribution in [0.1, 0.15) is 4.88 Å². The first-order valence-corrected chi connectivity index (χ1v) is 4.52. The average Bonchev–Trinajstić information content (AvgIpc) is 2.46. The van der Waals surface area contributed by atoms with E-state index in [2.05, 4.69) is 0 Å². The number of rotatable bonds is 1. The molecular weight excluding hydrogens is 223 g/mol. The largest absolute Gasteiger partial charge is 0.383 e. The quantitative estimate of drug-likeness (QED) is 0.575. The van der Waals surface area contributed by atoms with E-state index in [1.165, 1.54) is 23.5 Å². The van der Waals surface area contributed by atoms with Crippen molar-refractivity contribution in [1.29, 1.82) is 5.41 Å². The molecule has 0 spiro atoms. The zero-order valence-corrected chi connectivity index (χ0v) is 8.71. The fourth-order valence-corrected chi connectivity index (χ4v) is 2.05. The van der Waals surface area contributed by atoms with Crippen LogP contribution < -0.4 is 5.73 Å². The Balaban J connectivity index is 0.000000980. The van der Waals surface area contributed by atoms with Gasteiger partial charge in [0.25, 0.3) is 0 Å². The fourth-order valence-electron chi connectivity index (χ4n) is 1.15. The summed E-state index contributed by atoms with van der Waals surface area (Å²) < 4.78 is 13.7. The van der Waals surface area contributed by atoms with Crippen LogP contribution >= 0.6 is 23.7 Å². The van der Waals surface area contributed by atoms with Crippen LogP contribution in [-0.4, -0.2) is 5.84 Å². The van der Waals surface area contributed by atoms with E-state index < -0.39 is 0 Å². The molecule has 0 bridgehead atoms. The predicted octanol–water partition coefficient (Wildman–Crippen LogP) is 2.75. The molecule has 0 aliphatic heterocycles. The van der Waals surface area contributed by atoms with Gasteiger partial charge < -0.3 is 5.73 Å². The highest BCUT2D eigenvalue weighted by Crippen LogP contribution is 2.25. The number of nitrogen functional groups attached to an aromatic ring is 1. The van der Waals surface area contributed by atoms with Gasteiger partial charge in [-0.25, -0.2) is 4.39 Å². The number of hydrogen-bond acceptors (Lipinski definition) is 2. The lowest BCUT2D eigenvalue weighted by Gasteiger charge is -1.86. The van der Waals surface area contributed by atoms with Gasteiger partial charge in [-0.15, -0.1) is 23.7 Å². The molecule has 0 radical (unpaired) electrons. The Morgan fingerprint density at radius 3 is 2.71 bits per heavy atom. The molecule has 3 N–H and O–H groups in total. The van der Waals surface area contributed by atoms with Crippen LogP contribution in [0.2, 0.25) is 0 Å². The summed E-state index contributed by atoms with van der Waals surface area (Å²) in [6.45, 7) is 0. The summed E-state index contributed by atoms with van der Waals surface area (Å²) in [5.41, 5.74) is 5.32. The zero-order valence-electron chi connectivity index (χ0n) is 7.08. The maximum absolute atomic E-state index is 12.8. The molecule has 0 aliphatic rings. The van der Waals surface area contributed by atoms with Crippen LogP contribution in [0.25, 0.3) is 10.1 Å². The van der Waals surface area contributed by atoms with Crippen molar-refractivity contribution >= 4 is 39.7 Å². The standard InChI is InChI=1S/C9H7FN2S.ClH/c10-6-1-2-7-5(3-6)4-8(13-7)9(11)12;/h1-4H,(H3,11,12);1H. The molecule has 0 saturated heterocycles. The number of amidine groups is 1. The molecule has 2 nitrogen and oxygen atoms in total. The van der Waals surface area contributed by atoms with Gasteiger partial charge in [0.15, 0.2) is 0 Å². The smallest absolute Gasteiger partial charge is 0.133 e. The van der Waals surface area contributed by atoms with Crippen molar-refractivity contribution in [3.05, 3.63) is 35.0 Å². The second kappa shape index (κ2) is 3.94. The summed E-state index contributed by atoms with van der Waals surface area (Å²) in [4.78, 5) is 0.681. The number of nitrogens with one attached hydrogen (secondary N) is 1. The van der Waals surface area contributed by atoms with Crippen molar-refractivity contribution in [2.24, 2.45) is 5.73 Å². The van der Waals surface area contributed by atoms with Gasteiger partial charge in [0.2, 0.25) is 0 Å². The molecule has 2 rings (SSSR count). The van der Waals surface area contributed by atoms with Gasteiger partial charge in [-0.05, 0) is 29.7 Å². The average molecular weight is 231 g/mol. The lowest BCUT2D eigenvalue weighted by molar-refractivity contribution is 0.630. The van der Waals surface area contributed by atoms with E-state index in [1.807, 2.05) is 0 Å². The summed E-state index contributed by atoms with van der Waals surface area (Å²) in [5.74, 6) is -0.234. The highest BCUT2D eigenvalue weighted by molar-refractivity contribution is 7.20. The van der Waals surface area contributed by atoms with E-state index in [0.29, 0.717) is 4.88 Å². The van der Waals surface area contributed by atoms with Crippen LogP contribution in [-0.2, 0) is 0 Å². The number of thiophene rings is 1. The van der Waals surface area contributed by atoms with Crippen molar-refractivity contribution in [1.82, 2.24) is 0 Å². The predicted molar refractivity (Wildman–Crippen MR) is 60.0 cm³/mol. The van der Waals surface area contributed by atoms with Gasteiger partial charge in [0.1, 0.15) is 11.7 Å². The topological polar surface area (TPSA) is 49.9 Å². The first kappa shape index (κ1) is 10.9. The Hall–Kier alpha value is -1.13. The minimum absolute atomic E-state index is 0. The first-order chi connectivity index (χ1) is 6.16. The van der Waals surface area contributed by atoms with Crippen molar-refractivity contribution in [2.75, 3.05) is 0 Å². The normalized spacial score (nSPS) is 9.79. The number of hydrogen-bond donors (Lipinski definition) is 2. The van der Waals surface area contributed by atoms with Gasteiger partial charge >= 0.3 is 0 Å². The number of benzene rings is 1. The second-order valence-corrected chi connectivity index (χ2v) is 3.79. The zero-order chi connectivity index (χ0) is 9.42. The number of nitrogens with two attached hydrogens (primary N) is 1. The number of halogens is 2. The molecule has 0 fully saturated rings. The molecule has 1 heterocycles.